The fraction of sp³-hybridized carbons (Fsp3) is 0.0714. The van der Waals surface area contributed by atoms with Gasteiger partial charge in [-0.25, -0.2) is 8.78 Å². The molecule has 86 valence electrons. The number of rotatable bonds is 2. The lowest BCUT2D eigenvalue weighted by molar-refractivity contribution is 0.103. The summed E-state index contributed by atoms with van der Waals surface area (Å²) < 4.78 is 26.4. The molecule has 0 N–H and O–H groups in total. The van der Waals surface area contributed by atoms with E-state index in [-0.39, 0.29) is 5.56 Å². The van der Waals surface area contributed by atoms with E-state index in [0.29, 0.717) is 5.56 Å². The smallest absolute Gasteiger partial charge is 0.196 e. The molecular weight excluding hydrogens is 222 g/mol. The van der Waals surface area contributed by atoms with Crippen molar-refractivity contribution >= 4 is 5.78 Å². The second-order valence-corrected chi connectivity index (χ2v) is 3.82. The molecule has 0 heterocycles. The third-order valence-electron chi connectivity index (χ3n) is 2.45. The summed E-state index contributed by atoms with van der Waals surface area (Å²) in [6.07, 6.45) is 0. The lowest BCUT2D eigenvalue weighted by atomic mass is 10.0. The zero-order chi connectivity index (χ0) is 12.4. The fourth-order valence-corrected chi connectivity index (χ4v) is 1.61. The summed E-state index contributed by atoms with van der Waals surface area (Å²) in [5.41, 5.74) is 1.01. The Hall–Kier alpha value is -2.03. The third kappa shape index (κ3) is 2.38. The van der Waals surface area contributed by atoms with Crippen molar-refractivity contribution in [3.8, 4) is 0 Å². The number of hydrogen-bond acceptors (Lipinski definition) is 1. The van der Waals surface area contributed by atoms with Crippen LogP contribution >= 0.6 is 0 Å². The first-order valence-corrected chi connectivity index (χ1v) is 5.14. The van der Waals surface area contributed by atoms with Crippen LogP contribution in [0.2, 0.25) is 0 Å². The Labute approximate surface area is 97.7 Å². The van der Waals surface area contributed by atoms with Gasteiger partial charge < -0.3 is 0 Å². The Morgan fingerprint density at radius 3 is 2.53 bits per heavy atom. The average molecular weight is 232 g/mol. The maximum Gasteiger partial charge on any atom is 0.196 e. The molecule has 0 spiro atoms. The van der Waals surface area contributed by atoms with Crippen LogP contribution in [-0.2, 0) is 0 Å². The highest BCUT2D eigenvalue weighted by molar-refractivity contribution is 6.09. The Bertz CT molecular complexity index is 576. The number of benzene rings is 2. The van der Waals surface area contributed by atoms with Crippen molar-refractivity contribution in [2.75, 3.05) is 0 Å². The highest BCUT2D eigenvalue weighted by Gasteiger charge is 2.14. The molecule has 0 aliphatic carbocycles. The first-order valence-electron chi connectivity index (χ1n) is 5.14. The van der Waals surface area contributed by atoms with Gasteiger partial charge in [0.25, 0.3) is 0 Å². The molecule has 17 heavy (non-hydrogen) atoms. The van der Waals surface area contributed by atoms with Crippen LogP contribution in [0.15, 0.2) is 42.5 Å². The van der Waals surface area contributed by atoms with Crippen molar-refractivity contribution in [3.05, 3.63) is 70.8 Å². The van der Waals surface area contributed by atoms with Crippen molar-refractivity contribution in [1.29, 1.82) is 0 Å². The first kappa shape index (κ1) is 11.5. The normalized spacial score (nSPS) is 10.3. The van der Waals surface area contributed by atoms with E-state index in [1.165, 1.54) is 0 Å². The molecule has 0 atom stereocenters. The van der Waals surface area contributed by atoms with Crippen molar-refractivity contribution < 1.29 is 13.6 Å². The van der Waals surface area contributed by atoms with E-state index >= 15 is 0 Å². The summed E-state index contributed by atoms with van der Waals surface area (Å²) >= 11 is 0. The van der Waals surface area contributed by atoms with Crippen LogP contribution in [0.25, 0.3) is 0 Å². The molecule has 1 nitrogen and oxygen atoms in total. The van der Waals surface area contributed by atoms with Crippen molar-refractivity contribution in [2.45, 2.75) is 6.92 Å². The molecular formula is C14H10F2O. The quantitative estimate of drug-likeness (QED) is 0.724. The molecule has 0 fully saturated rings. The summed E-state index contributed by atoms with van der Waals surface area (Å²) in [5.74, 6) is -1.84. The van der Waals surface area contributed by atoms with Crippen LogP contribution in [0.4, 0.5) is 8.78 Å². The Balaban J connectivity index is 2.47. The maximum absolute atomic E-state index is 13.4. The minimum atomic E-state index is -0.710. The number of ketones is 1. The van der Waals surface area contributed by atoms with E-state index in [1.54, 1.807) is 18.2 Å². The zero-order valence-corrected chi connectivity index (χ0v) is 9.21. The zero-order valence-electron chi connectivity index (χ0n) is 9.21. The Morgan fingerprint density at radius 1 is 1.06 bits per heavy atom. The molecule has 0 radical (unpaired) electrons. The van der Waals surface area contributed by atoms with Crippen LogP contribution < -0.4 is 0 Å². The standard InChI is InChI=1S/C14H10F2O/c1-9-3-2-4-10(7-9)14(17)12-8-11(15)5-6-13(12)16/h2-8H,1H3. The molecule has 0 amide bonds. The van der Waals surface area contributed by atoms with Crippen molar-refractivity contribution in [2.24, 2.45) is 0 Å². The molecule has 3 heteroatoms. The molecule has 0 aliphatic rings. The van der Waals surface area contributed by atoms with Crippen LogP contribution in [-0.4, -0.2) is 5.78 Å². The van der Waals surface area contributed by atoms with Crippen LogP contribution in [0.5, 0.6) is 0 Å². The second-order valence-electron chi connectivity index (χ2n) is 3.82. The molecule has 0 saturated carbocycles. The van der Waals surface area contributed by atoms with Gasteiger partial charge in [0.2, 0.25) is 0 Å². The first-order chi connectivity index (χ1) is 8.08. The summed E-state index contributed by atoms with van der Waals surface area (Å²) in [7, 11) is 0. The number of carbonyl (C=O) groups is 1. The van der Waals surface area contributed by atoms with Gasteiger partial charge in [-0.2, -0.15) is 0 Å². The van der Waals surface area contributed by atoms with E-state index in [0.717, 1.165) is 23.8 Å². The Morgan fingerprint density at radius 2 is 1.82 bits per heavy atom. The van der Waals surface area contributed by atoms with Gasteiger partial charge in [0.1, 0.15) is 11.6 Å². The topological polar surface area (TPSA) is 17.1 Å². The maximum atomic E-state index is 13.4. The van der Waals surface area contributed by atoms with E-state index < -0.39 is 17.4 Å². The van der Waals surface area contributed by atoms with Gasteiger partial charge >= 0.3 is 0 Å². The third-order valence-corrected chi connectivity index (χ3v) is 2.45. The van der Waals surface area contributed by atoms with Crippen LogP contribution in [0.3, 0.4) is 0 Å². The molecule has 0 unspecified atom stereocenters. The number of aryl methyl sites for hydroxylation is 1. The Kier molecular flexibility index (Phi) is 3.00. The van der Waals surface area contributed by atoms with Gasteiger partial charge in [0.05, 0.1) is 5.56 Å². The molecule has 2 rings (SSSR count). The minimum Gasteiger partial charge on any atom is -0.288 e. The average Bonchev–Trinajstić information content (AvgIpc) is 2.31. The highest BCUT2D eigenvalue weighted by atomic mass is 19.1. The van der Waals surface area contributed by atoms with Gasteiger partial charge in [0, 0.05) is 5.56 Å². The van der Waals surface area contributed by atoms with Crippen molar-refractivity contribution in [1.82, 2.24) is 0 Å². The lowest BCUT2D eigenvalue weighted by Gasteiger charge is -2.03. The predicted octanol–water partition coefficient (Wildman–Crippen LogP) is 3.50. The molecule has 0 bridgehead atoms. The molecule has 0 aliphatic heterocycles. The minimum absolute atomic E-state index is 0.240. The predicted molar refractivity (Wildman–Crippen MR) is 61.0 cm³/mol. The van der Waals surface area contributed by atoms with Crippen molar-refractivity contribution in [3.63, 3.8) is 0 Å². The second kappa shape index (κ2) is 4.45. The monoisotopic (exact) mass is 232 g/mol. The lowest BCUT2D eigenvalue weighted by Crippen LogP contribution is -2.05. The van der Waals surface area contributed by atoms with Gasteiger partial charge in [0.15, 0.2) is 5.78 Å². The van der Waals surface area contributed by atoms with Crippen LogP contribution in [0, 0.1) is 18.6 Å². The summed E-state index contributed by atoms with van der Waals surface area (Å²) in [5, 5.41) is 0. The molecule has 2 aromatic rings. The molecule has 0 aromatic heterocycles. The largest absolute Gasteiger partial charge is 0.288 e. The summed E-state index contributed by atoms with van der Waals surface area (Å²) in [6.45, 7) is 1.83. The number of hydrogen-bond donors (Lipinski definition) is 0. The van der Waals surface area contributed by atoms with Gasteiger partial charge in [-0.05, 0) is 31.2 Å². The van der Waals surface area contributed by atoms with E-state index in [4.69, 9.17) is 0 Å². The molecule has 2 aromatic carbocycles. The van der Waals surface area contributed by atoms with E-state index in [9.17, 15) is 13.6 Å². The van der Waals surface area contributed by atoms with Gasteiger partial charge in [-0.3, -0.25) is 4.79 Å². The van der Waals surface area contributed by atoms with Gasteiger partial charge in [-0.1, -0.05) is 23.8 Å². The SMILES string of the molecule is Cc1cccc(C(=O)c2cc(F)ccc2F)c1. The summed E-state index contributed by atoms with van der Waals surface area (Å²) in [4.78, 5) is 12.0. The fourth-order valence-electron chi connectivity index (χ4n) is 1.61. The molecule has 0 saturated heterocycles. The van der Waals surface area contributed by atoms with Crippen LogP contribution in [0.1, 0.15) is 21.5 Å². The number of halogens is 2. The summed E-state index contributed by atoms with van der Waals surface area (Å²) in [6, 6.07) is 9.63. The highest BCUT2D eigenvalue weighted by Crippen LogP contribution is 2.15. The van der Waals surface area contributed by atoms with E-state index in [1.807, 2.05) is 13.0 Å². The van der Waals surface area contributed by atoms with E-state index in [2.05, 4.69) is 0 Å². The number of carbonyl (C=O) groups excluding carboxylic acids is 1. The van der Waals surface area contributed by atoms with Gasteiger partial charge in [-0.15, -0.1) is 0 Å².